The summed E-state index contributed by atoms with van der Waals surface area (Å²) in [4.78, 5) is 42.6. The number of anilines is 1. The first-order valence-corrected chi connectivity index (χ1v) is 9.64. The largest absolute Gasteiger partial charge is 0.462 e. The van der Waals surface area contributed by atoms with E-state index in [1.165, 1.54) is 10.9 Å². The smallest absolute Gasteiger partial charge is 0.326 e. The highest BCUT2D eigenvalue weighted by atomic mass is 32.1. The van der Waals surface area contributed by atoms with Gasteiger partial charge in [-0.1, -0.05) is 18.2 Å². The van der Waals surface area contributed by atoms with Crippen LogP contribution in [0.15, 0.2) is 35.4 Å². The zero-order valence-electron chi connectivity index (χ0n) is 16.1. The maximum absolute atomic E-state index is 12.8. The third-order valence-electron chi connectivity index (χ3n) is 4.18. The number of carbonyl (C=O) groups excluding carboxylic acids is 2. The minimum atomic E-state index is -0.511. The summed E-state index contributed by atoms with van der Waals surface area (Å²) in [6, 6.07) is 7.47. The lowest BCUT2D eigenvalue weighted by Crippen LogP contribution is -2.27. The van der Waals surface area contributed by atoms with Crippen molar-refractivity contribution in [3.8, 4) is 0 Å². The van der Waals surface area contributed by atoms with Crippen molar-refractivity contribution < 1.29 is 14.3 Å². The number of rotatable bonds is 5. The molecule has 0 spiro atoms. The quantitative estimate of drug-likeness (QED) is 0.665. The van der Waals surface area contributed by atoms with Crippen molar-refractivity contribution in [2.24, 2.45) is 0 Å². The molecule has 1 N–H and O–H groups in total. The van der Waals surface area contributed by atoms with Crippen molar-refractivity contribution in [3.63, 3.8) is 0 Å². The SMILES string of the molecule is Cc1ccccc1NC(=O)c1sc2ncn(CC(=O)OC(C)C)c(=O)c2c1C. The molecule has 0 radical (unpaired) electrons. The van der Waals surface area contributed by atoms with Gasteiger partial charge in [0.05, 0.1) is 22.7 Å². The zero-order chi connectivity index (χ0) is 20.4. The van der Waals surface area contributed by atoms with Crippen molar-refractivity contribution in [2.45, 2.75) is 40.3 Å². The lowest BCUT2D eigenvalue weighted by atomic mass is 10.2. The lowest BCUT2D eigenvalue weighted by molar-refractivity contribution is -0.148. The number of hydrogen-bond donors (Lipinski definition) is 1. The first-order chi connectivity index (χ1) is 13.3. The number of para-hydroxylation sites is 1. The molecule has 2 aromatic heterocycles. The predicted octanol–water partition coefficient (Wildman–Crippen LogP) is 3.28. The average Bonchev–Trinajstić information content (AvgIpc) is 2.96. The number of carbonyl (C=O) groups is 2. The van der Waals surface area contributed by atoms with Crippen molar-refractivity contribution in [2.75, 3.05) is 5.32 Å². The van der Waals surface area contributed by atoms with Crippen molar-refractivity contribution in [1.29, 1.82) is 0 Å². The molecule has 146 valence electrons. The second-order valence-corrected chi connectivity index (χ2v) is 7.72. The standard InChI is InChI=1S/C20H21N3O4S/c1-11(2)27-15(24)9-23-10-21-19-16(20(23)26)13(4)17(28-19)18(25)22-14-8-6-5-7-12(14)3/h5-8,10-11H,9H2,1-4H3,(H,22,25). The molecular weight excluding hydrogens is 378 g/mol. The van der Waals surface area contributed by atoms with Gasteiger partial charge in [-0.25, -0.2) is 4.98 Å². The Morgan fingerprint density at radius 2 is 1.96 bits per heavy atom. The van der Waals surface area contributed by atoms with E-state index in [1.807, 2.05) is 31.2 Å². The molecule has 0 unspecified atom stereocenters. The summed E-state index contributed by atoms with van der Waals surface area (Å²) in [5.74, 6) is -0.802. The number of benzene rings is 1. The Hall–Kier alpha value is -3.00. The van der Waals surface area contributed by atoms with E-state index >= 15 is 0 Å². The lowest BCUT2D eigenvalue weighted by Gasteiger charge is -2.09. The van der Waals surface area contributed by atoms with E-state index in [9.17, 15) is 14.4 Å². The molecular formula is C20H21N3O4S. The van der Waals surface area contributed by atoms with Crippen LogP contribution >= 0.6 is 11.3 Å². The molecule has 0 saturated carbocycles. The molecule has 0 aliphatic rings. The zero-order valence-corrected chi connectivity index (χ0v) is 16.9. The molecule has 8 heteroatoms. The molecule has 0 fully saturated rings. The summed E-state index contributed by atoms with van der Waals surface area (Å²) in [5, 5.41) is 3.22. The third kappa shape index (κ3) is 3.96. The maximum Gasteiger partial charge on any atom is 0.326 e. The second-order valence-electron chi connectivity index (χ2n) is 6.72. The van der Waals surface area contributed by atoms with Gasteiger partial charge in [-0.05, 0) is 44.9 Å². The van der Waals surface area contributed by atoms with Crippen molar-refractivity contribution in [1.82, 2.24) is 9.55 Å². The van der Waals surface area contributed by atoms with Crippen LogP contribution in [0, 0.1) is 13.8 Å². The number of amides is 1. The van der Waals surface area contributed by atoms with Gasteiger partial charge in [0.1, 0.15) is 11.4 Å². The number of esters is 1. The van der Waals surface area contributed by atoms with Crippen molar-refractivity contribution in [3.05, 3.63) is 57.0 Å². The van der Waals surface area contributed by atoms with Gasteiger partial charge in [0.2, 0.25) is 0 Å². The molecule has 0 aliphatic heterocycles. The highest BCUT2D eigenvalue weighted by Gasteiger charge is 2.20. The molecule has 0 saturated heterocycles. The topological polar surface area (TPSA) is 90.3 Å². The Labute approximate surface area is 166 Å². The normalized spacial score (nSPS) is 11.0. The van der Waals surface area contributed by atoms with Crippen LogP contribution in [0.25, 0.3) is 10.2 Å². The van der Waals surface area contributed by atoms with Gasteiger partial charge < -0.3 is 10.1 Å². The Kier molecular flexibility index (Phi) is 5.60. The second kappa shape index (κ2) is 7.93. The number of aryl methyl sites for hydroxylation is 2. The van der Waals surface area contributed by atoms with E-state index in [0.29, 0.717) is 26.3 Å². The number of aromatic nitrogens is 2. The molecule has 2 heterocycles. The summed E-state index contributed by atoms with van der Waals surface area (Å²) in [6.07, 6.45) is 1.05. The molecule has 28 heavy (non-hydrogen) atoms. The van der Waals surface area contributed by atoms with Crippen LogP contribution in [0.4, 0.5) is 5.69 Å². The minimum absolute atomic E-state index is 0.222. The van der Waals surface area contributed by atoms with E-state index in [4.69, 9.17) is 4.74 Å². The Balaban J connectivity index is 1.94. The Morgan fingerprint density at radius 1 is 1.25 bits per heavy atom. The summed E-state index contributed by atoms with van der Waals surface area (Å²) >= 11 is 1.16. The summed E-state index contributed by atoms with van der Waals surface area (Å²) < 4.78 is 6.29. The Bertz CT molecular complexity index is 1110. The number of thiophene rings is 1. The molecule has 3 rings (SSSR count). The van der Waals surface area contributed by atoms with E-state index < -0.39 is 5.97 Å². The highest BCUT2D eigenvalue weighted by Crippen LogP contribution is 2.28. The average molecular weight is 399 g/mol. The first-order valence-electron chi connectivity index (χ1n) is 8.83. The van der Waals surface area contributed by atoms with E-state index in [-0.39, 0.29) is 24.1 Å². The van der Waals surface area contributed by atoms with Crippen LogP contribution in [0.1, 0.15) is 34.6 Å². The van der Waals surface area contributed by atoms with Crippen LogP contribution < -0.4 is 10.9 Å². The summed E-state index contributed by atoms with van der Waals surface area (Å²) in [6.45, 7) is 6.88. The molecule has 7 nitrogen and oxygen atoms in total. The molecule has 0 atom stereocenters. The fourth-order valence-electron chi connectivity index (χ4n) is 2.82. The maximum atomic E-state index is 12.8. The number of ether oxygens (including phenoxy) is 1. The minimum Gasteiger partial charge on any atom is -0.462 e. The number of fused-ring (bicyclic) bond motifs is 1. The van der Waals surface area contributed by atoms with E-state index in [2.05, 4.69) is 10.3 Å². The van der Waals surface area contributed by atoms with Gasteiger partial charge in [0.15, 0.2) is 0 Å². The summed E-state index contributed by atoms with van der Waals surface area (Å²) in [5.41, 5.74) is 1.84. The molecule has 0 bridgehead atoms. The van der Waals surface area contributed by atoms with Crippen LogP contribution in [0.2, 0.25) is 0 Å². The van der Waals surface area contributed by atoms with Gasteiger partial charge in [0, 0.05) is 5.69 Å². The van der Waals surface area contributed by atoms with Crippen LogP contribution in [0.5, 0.6) is 0 Å². The van der Waals surface area contributed by atoms with Gasteiger partial charge in [0.25, 0.3) is 11.5 Å². The van der Waals surface area contributed by atoms with Gasteiger partial charge in [-0.15, -0.1) is 11.3 Å². The number of nitrogens with one attached hydrogen (secondary N) is 1. The van der Waals surface area contributed by atoms with Crippen LogP contribution in [-0.4, -0.2) is 27.5 Å². The molecule has 1 amide bonds. The number of hydrogen-bond acceptors (Lipinski definition) is 6. The number of nitrogens with zero attached hydrogens (tertiary/aromatic N) is 2. The van der Waals surface area contributed by atoms with Crippen LogP contribution in [-0.2, 0) is 16.1 Å². The fourth-order valence-corrected chi connectivity index (χ4v) is 3.85. The van der Waals surface area contributed by atoms with Gasteiger partial charge >= 0.3 is 5.97 Å². The summed E-state index contributed by atoms with van der Waals surface area (Å²) in [7, 11) is 0. The third-order valence-corrected chi connectivity index (χ3v) is 5.38. The fraction of sp³-hybridized carbons (Fsp3) is 0.300. The Morgan fingerprint density at radius 3 is 2.64 bits per heavy atom. The molecule has 1 aromatic carbocycles. The van der Waals surface area contributed by atoms with Crippen molar-refractivity contribution >= 4 is 39.1 Å². The first kappa shape index (κ1) is 19.8. The van der Waals surface area contributed by atoms with E-state index in [0.717, 1.165) is 16.9 Å². The van der Waals surface area contributed by atoms with Gasteiger partial charge in [-0.3, -0.25) is 19.0 Å². The van der Waals surface area contributed by atoms with Gasteiger partial charge in [-0.2, -0.15) is 0 Å². The molecule has 3 aromatic rings. The monoisotopic (exact) mass is 399 g/mol. The van der Waals surface area contributed by atoms with E-state index in [1.54, 1.807) is 20.8 Å². The van der Waals surface area contributed by atoms with Crippen LogP contribution in [0.3, 0.4) is 0 Å². The highest BCUT2D eigenvalue weighted by molar-refractivity contribution is 7.20. The predicted molar refractivity (Wildman–Crippen MR) is 109 cm³/mol. The molecule has 0 aliphatic carbocycles.